The summed E-state index contributed by atoms with van der Waals surface area (Å²) in [6.07, 6.45) is 4.43. The standard InChI is InChI=1S/C22H22BN7O4/c1-22(2)19-15(23(32)34-22)10-25-21(30-19)29-18-8-16(14(9-24-18)20-26-12-27-33-20)28-17(11-31)13-6-4-3-5-7-13/h3-10,12,17,31-32H,11H2,1-2H3,(H2,24,25,28,29,30)/t17-/m1/s1. The Morgan fingerprint density at radius 2 is 1.94 bits per heavy atom. The van der Waals surface area contributed by atoms with Gasteiger partial charge in [0.1, 0.15) is 5.82 Å². The van der Waals surface area contributed by atoms with E-state index in [-0.39, 0.29) is 18.5 Å². The number of benzene rings is 1. The van der Waals surface area contributed by atoms with Gasteiger partial charge in [-0.05, 0) is 19.4 Å². The molecule has 12 heteroatoms. The summed E-state index contributed by atoms with van der Waals surface area (Å²) in [6, 6.07) is 11.0. The molecule has 1 aromatic carbocycles. The largest absolute Gasteiger partial charge is 0.495 e. The van der Waals surface area contributed by atoms with Crippen molar-refractivity contribution < 1.29 is 19.3 Å². The zero-order valence-corrected chi connectivity index (χ0v) is 18.5. The Bertz CT molecular complexity index is 1290. The molecule has 0 saturated heterocycles. The minimum atomic E-state index is -1.06. The minimum Gasteiger partial charge on any atom is -0.423 e. The molecule has 34 heavy (non-hydrogen) atoms. The zero-order chi connectivity index (χ0) is 23.7. The molecule has 0 bridgehead atoms. The number of nitrogens with zero attached hydrogens (tertiary/aromatic N) is 5. The van der Waals surface area contributed by atoms with E-state index >= 15 is 0 Å². The molecule has 0 amide bonds. The van der Waals surface area contributed by atoms with Crippen LogP contribution in [0.25, 0.3) is 11.5 Å². The molecule has 1 aliphatic rings. The lowest BCUT2D eigenvalue weighted by Crippen LogP contribution is -2.29. The number of aliphatic hydroxyl groups is 1. The fraction of sp³-hybridized carbons (Fsp3) is 0.227. The van der Waals surface area contributed by atoms with Gasteiger partial charge in [-0.25, -0.2) is 15.0 Å². The molecule has 0 fully saturated rings. The van der Waals surface area contributed by atoms with Crippen LogP contribution in [0.1, 0.15) is 31.1 Å². The van der Waals surface area contributed by atoms with Crippen LogP contribution in [0.4, 0.5) is 17.5 Å². The minimum absolute atomic E-state index is 0.135. The summed E-state index contributed by atoms with van der Waals surface area (Å²) in [5.74, 6) is 1.04. The van der Waals surface area contributed by atoms with Gasteiger partial charge in [-0.15, -0.1) is 0 Å². The number of anilines is 3. The summed E-state index contributed by atoms with van der Waals surface area (Å²) in [5, 5.41) is 30.2. The SMILES string of the molecule is CC1(C)OB(O)c2cnc(Nc3cc(N[C@H](CO)c4ccccc4)c(-c4ncno4)cn3)nc21. The van der Waals surface area contributed by atoms with Gasteiger partial charge >= 0.3 is 7.12 Å². The summed E-state index contributed by atoms with van der Waals surface area (Å²) in [6.45, 7) is 3.53. The van der Waals surface area contributed by atoms with Gasteiger partial charge in [-0.1, -0.05) is 35.5 Å². The van der Waals surface area contributed by atoms with Gasteiger partial charge in [-0.2, -0.15) is 4.98 Å². The Kier molecular flexibility index (Phi) is 5.69. The first-order chi connectivity index (χ1) is 16.4. The molecule has 0 saturated carbocycles. The molecular weight excluding hydrogens is 437 g/mol. The van der Waals surface area contributed by atoms with E-state index in [2.05, 4.69) is 35.7 Å². The number of nitrogens with one attached hydrogen (secondary N) is 2. The second-order valence-corrected chi connectivity index (χ2v) is 8.25. The average molecular weight is 459 g/mol. The first-order valence-electron chi connectivity index (χ1n) is 10.6. The molecule has 5 rings (SSSR count). The monoisotopic (exact) mass is 459 g/mol. The van der Waals surface area contributed by atoms with Gasteiger partial charge in [0.05, 0.1) is 35.2 Å². The van der Waals surface area contributed by atoms with Gasteiger partial charge in [-0.3, -0.25) is 0 Å². The van der Waals surface area contributed by atoms with Crippen molar-refractivity contribution in [1.82, 2.24) is 25.1 Å². The maximum Gasteiger partial charge on any atom is 0.495 e. The lowest BCUT2D eigenvalue weighted by Gasteiger charge is -2.20. The third-order valence-corrected chi connectivity index (χ3v) is 5.51. The predicted molar refractivity (Wildman–Crippen MR) is 124 cm³/mol. The highest BCUT2D eigenvalue weighted by atomic mass is 16.5. The van der Waals surface area contributed by atoms with Gasteiger partial charge in [0, 0.05) is 23.9 Å². The lowest BCUT2D eigenvalue weighted by atomic mass is 9.82. The molecule has 3 aromatic heterocycles. The Morgan fingerprint density at radius 1 is 1.12 bits per heavy atom. The first-order valence-corrected chi connectivity index (χ1v) is 10.6. The van der Waals surface area contributed by atoms with Crippen LogP contribution in [0.5, 0.6) is 0 Å². The maximum atomic E-state index is 10.1. The third kappa shape index (κ3) is 4.21. The quantitative estimate of drug-likeness (QED) is 0.299. The molecule has 0 unspecified atom stereocenters. The van der Waals surface area contributed by atoms with Gasteiger partial charge in [0.2, 0.25) is 5.95 Å². The average Bonchev–Trinajstić information content (AvgIpc) is 3.44. The van der Waals surface area contributed by atoms with Crippen LogP contribution in [-0.4, -0.2) is 48.9 Å². The number of fused-ring (bicyclic) bond motifs is 1. The van der Waals surface area contributed by atoms with Crippen molar-refractivity contribution in [2.45, 2.75) is 25.5 Å². The highest BCUT2D eigenvalue weighted by molar-refractivity contribution is 6.61. The summed E-state index contributed by atoms with van der Waals surface area (Å²) >= 11 is 0. The number of hydrogen-bond donors (Lipinski definition) is 4. The fourth-order valence-electron chi connectivity index (χ4n) is 3.84. The molecule has 1 aliphatic heterocycles. The van der Waals surface area contributed by atoms with E-state index in [0.29, 0.717) is 34.2 Å². The van der Waals surface area contributed by atoms with Crippen molar-refractivity contribution in [3.05, 3.63) is 66.4 Å². The molecule has 11 nitrogen and oxygen atoms in total. The molecule has 4 heterocycles. The molecule has 4 N–H and O–H groups in total. The van der Waals surface area contributed by atoms with Crippen LogP contribution >= 0.6 is 0 Å². The number of aliphatic hydroxyl groups excluding tert-OH is 1. The number of pyridine rings is 1. The van der Waals surface area contributed by atoms with E-state index in [1.165, 1.54) is 12.5 Å². The van der Waals surface area contributed by atoms with E-state index in [1.807, 2.05) is 44.2 Å². The van der Waals surface area contributed by atoms with Crippen LogP contribution in [0, 0.1) is 0 Å². The Labute approximate surface area is 195 Å². The molecule has 0 aliphatic carbocycles. The van der Waals surface area contributed by atoms with Crippen molar-refractivity contribution in [3.63, 3.8) is 0 Å². The topological polar surface area (TPSA) is 151 Å². The second kappa shape index (κ2) is 8.82. The van der Waals surface area contributed by atoms with Crippen LogP contribution in [0.2, 0.25) is 0 Å². The van der Waals surface area contributed by atoms with Crippen LogP contribution in [-0.2, 0) is 10.3 Å². The summed E-state index contributed by atoms with van der Waals surface area (Å²) in [4.78, 5) is 17.4. The normalized spacial score (nSPS) is 15.1. The Morgan fingerprint density at radius 3 is 2.68 bits per heavy atom. The molecule has 0 radical (unpaired) electrons. The smallest absolute Gasteiger partial charge is 0.423 e. The number of aromatic nitrogens is 5. The molecule has 172 valence electrons. The van der Waals surface area contributed by atoms with Crippen LogP contribution in [0.3, 0.4) is 0 Å². The van der Waals surface area contributed by atoms with E-state index in [0.717, 1.165) is 5.56 Å². The van der Waals surface area contributed by atoms with Crippen molar-refractivity contribution in [3.8, 4) is 11.5 Å². The Hall–Kier alpha value is -3.87. The zero-order valence-electron chi connectivity index (χ0n) is 18.5. The molecular formula is C22H22BN7O4. The van der Waals surface area contributed by atoms with Crippen molar-refractivity contribution >= 4 is 30.0 Å². The predicted octanol–water partition coefficient (Wildman–Crippen LogP) is 1.76. The lowest BCUT2D eigenvalue weighted by molar-refractivity contribution is 0.0970. The third-order valence-electron chi connectivity index (χ3n) is 5.51. The summed E-state index contributed by atoms with van der Waals surface area (Å²) < 4.78 is 10.8. The summed E-state index contributed by atoms with van der Waals surface area (Å²) in [7, 11) is -1.06. The van der Waals surface area contributed by atoms with E-state index in [4.69, 9.17) is 9.18 Å². The van der Waals surface area contributed by atoms with E-state index in [9.17, 15) is 10.1 Å². The van der Waals surface area contributed by atoms with Gasteiger partial charge < -0.3 is 29.9 Å². The molecule has 4 aromatic rings. The van der Waals surface area contributed by atoms with Crippen molar-refractivity contribution in [1.29, 1.82) is 0 Å². The highest BCUT2D eigenvalue weighted by Crippen LogP contribution is 2.32. The fourth-order valence-corrected chi connectivity index (χ4v) is 3.84. The second-order valence-electron chi connectivity index (χ2n) is 8.25. The first kappa shape index (κ1) is 22.0. The van der Waals surface area contributed by atoms with Gasteiger partial charge in [0.15, 0.2) is 6.33 Å². The Balaban J connectivity index is 1.48. The molecule has 0 spiro atoms. The van der Waals surface area contributed by atoms with E-state index < -0.39 is 12.7 Å². The van der Waals surface area contributed by atoms with Crippen molar-refractivity contribution in [2.75, 3.05) is 17.2 Å². The number of rotatable bonds is 7. The summed E-state index contributed by atoms with van der Waals surface area (Å²) in [5.41, 5.74) is 2.49. The molecule has 1 atom stereocenters. The van der Waals surface area contributed by atoms with Crippen molar-refractivity contribution in [2.24, 2.45) is 0 Å². The van der Waals surface area contributed by atoms with E-state index in [1.54, 1.807) is 12.3 Å². The van der Waals surface area contributed by atoms with Crippen LogP contribution in [0.15, 0.2) is 59.6 Å². The highest BCUT2D eigenvalue weighted by Gasteiger charge is 2.42. The maximum absolute atomic E-state index is 10.1. The van der Waals surface area contributed by atoms with Gasteiger partial charge in [0.25, 0.3) is 5.89 Å². The van der Waals surface area contributed by atoms with Crippen LogP contribution < -0.4 is 16.1 Å². The number of hydrogen-bond acceptors (Lipinski definition) is 11.